The van der Waals surface area contributed by atoms with Crippen LogP contribution in [0.15, 0.2) is 12.1 Å². The van der Waals surface area contributed by atoms with E-state index in [-0.39, 0.29) is 28.6 Å². The largest absolute Gasteiger partial charge is 0.504 e. The van der Waals surface area contributed by atoms with E-state index < -0.39 is 11.2 Å². The molecule has 0 amide bonds. The lowest BCUT2D eigenvalue weighted by atomic mass is 9.34. The number of hydrogen-bond acceptors (Lipinski definition) is 5. The molecule has 0 aromatic heterocycles. The van der Waals surface area contributed by atoms with Crippen LogP contribution >= 0.6 is 0 Å². The Kier molecular flexibility index (Phi) is 3.47. The second-order valence-electron chi connectivity index (χ2n) is 12.1. The molecule has 6 atom stereocenters. The summed E-state index contributed by atoms with van der Waals surface area (Å²) in [7, 11) is 1.81. The third-order valence-electron chi connectivity index (χ3n) is 10.5. The normalized spacial score (nSPS) is 44.8. The first kappa shape index (κ1) is 19.2. The second-order valence-corrected chi connectivity index (χ2v) is 12.1. The quantitative estimate of drug-likeness (QED) is 0.774. The Morgan fingerprint density at radius 3 is 2.74 bits per heavy atom. The third kappa shape index (κ3) is 2.02. The van der Waals surface area contributed by atoms with Crippen molar-refractivity contribution in [2.24, 2.45) is 17.3 Å². The number of rotatable bonds is 4. The van der Waals surface area contributed by atoms with E-state index in [1.165, 1.54) is 30.5 Å². The topological polar surface area (TPSA) is 62.2 Å². The van der Waals surface area contributed by atoms with Crippen LogP contribution in [0.25, 0.3) is 0 Å². The molecule has 2 N–H and O–H groups in total. The van der Waals surface area contributed by atoms with E-state index in [4.69, 9.17) is 9.47 Å². The number of fused-ring (bicyclic) bond motifs is 2. The van der Waals surface area contributed by atoms with Crippen LogP contribution in [0.1, 0.15) is 63.5 Å². The van der Waals surface area contributed by atoms with E-state index >= 15 is 0 Å². The lowest BCUT2D eigenvalue weighted by molar-refractivity contribution is -0.300. The van der Waals surface area contributed by atoms with Gasteiger partial charge in [0.1, 0.15) is 11.7 Å². The van der Waals surface area contributed by atoms with Crippen LogP contribution in [-0.2, 0) is 16.6 Å². The highest BCUT2D eigenvalue weighted by molar-refractivity contribution is 5.63. The number of hydrogen-bond donors (Lipinski definition) is 2. The van der Waals surface area contributed by atoms with Crippen molar-refractivity contribution in [3.63, 3.8) is 0 Å². The highest BCUT2D eigenvalue weighted by Gasteiger charge is 2.81. The Balaban J connectivity index is 1.49. The van der Waals surface area contributed by atoms with Crippen LogP contribution in [0.3, 0.4) is 0 Å². The maximum atomic E-state index is 11.4. The first-order valence-electron chi connectivity index (χ1n) is 12.3. The number of likely N-dealkylation sites (tertiary alicyclic amines) is 1. The fourth-order valence-corrected chi connectivity index (χ4v) is 9.23. The first-order valence-corrected chi connectivity index (χ1v) is 12.3. The number of benzene rings is 1. The van der Waals surface area contributed by atoms with Crippen molar-refractivity contribution >= 4 is 0 Å². The third-order valence-corrected chi connectivity index (χ3v) is 10.5. The van der Waals surface area contributed by atoms with Gasteiger partial charge in [0.05, 0.1) is 5.60 Å². The molecule has 2 aliphatic heterocycles. The molecule has 5 heteroatoms. The fourth-order valence-electron chi connectivity index (χ4n) is 9.23. The number of phenolic OH excluding ortho intramolecular Hbond substituents is 1. The Labute approximate surface area is 184 Å². The van der Waals surface area contributed by atoms with Gasteiger partial charge in [0.2, 0.25) is 0 Å². The highest BCUT2D eigenvalue weighted by Crippen LogP contribution is 2.77. The van der Waals surface area contributed by atoms with E-state index in [0.717, 1.165) is 44.6 Å². The van der Waals surface area contributed by atoms with E-state index in [9.17, 15) is 10.2 Å². The Bertz CT molecular complexity index is 967. The molecule has 8 rings (SSSR count). The summed E-state index contributed by atoms with van der Waals surface area (Å²) in [4.78, 5) is 2.81. The fraction of sp³-hybridized carbons (Fsp3) is 0.769. The number of nitrogens with zero attached hydrogens (tertiary/aromatic N) is 1. The van der Waals surface area contributed by atoms with Crippen LogP contribution in [-0.4, -0.2) is 58.7 Å². The van der Waals surface area contributed by atoms with Gasteiger partial charge in [0.25, 0.3) is 0 Å². The van der Waals surface area contributed by atoms with Crippen LogP contribution in [0.2, 0.25) is 0 Å². The van der Waals surface area contributed by atoms with E-state index in [0.29, 0.717) is 11.8 Å². The van der Waals surface area contributed by atoms with Gasteiger partial charge >= 0.3 is 0 Å². The van der Waals surface area contributed by atoms with Crippen LogP contribution in [0.4, 0.5) is 0 Å². The predicted octanol–water partition coefficient (Wildman–Crippen LogP) is 3.39. The van der Waals surface area contributed by atoms with Crippen molar-refractivity contribution in [1.82, 2.24) is 4.90 Å². The number of aromatic hydroxyl groups is 1. The van der Waals surface area contributed by atoms with Crippen LogP contribution in [0.5, 0.6) is 11.5 Å². The molecule has 5 aliphatic carbocycles. The summed E-state index contributed by atoms with van der Waals surface area (Å²) in [6.45, 7) is 6.23. The van der Waals surface area contributed by atoms with Crippen molar-refractivity contribution in [3.8, 4) is 11.5 Å². The van der Waals surface area contributed by atoms with Gasteiger partial charge in [-0.3, -0.25) is 4.90 Å². The molecule has 0 radical (unpaired) electrons. The van der Waals surface area contributed by atoms with E-state index in [1.807, 2.05) is 27.0 Å². The van der Waals surface area contributed by atoms with Crippen molar-refractivity contribution < 1.29 is 19.7 Å². The molecule has 2 heterocycles. The summed E-state index contributed by atoms with van der Waals surface area (Å²) in [6.07, 6.45) is 7.72. The molecule has 168 valence electrons. The number of ether oxygens (including phenoxy) is 2. The SMILES string of the molecule is CO[C@]12CCC3(C[C@@H]1C(C)(C)O)C1Cc4ccc(O)c5c4[C@@]3(CCN1CC1CC1)C2O5. The van der Waals surface area contributed by atoms with Crippen molar-refractivity contribution in [2.45, 2.75) is 87.6 Å². The van der Waals surface area contributed by atoms with E-state index in [1.54, 1.807) is 0 Å². The summed E-state index contributed by atoms with van der Waals surface area (Å²) < 4.78 is 13.2. The molecule has 3 unspecified atom stereocenters. The monoisotopic (exact) mass is 425 g/mol. The molecule has 1 aromatic rings. The average molecular weight is 426 g/mol. The maximum absolute atomic E-state index is 11.4. The standard InChI is InChI=1S/C26H35NO4/c1-23(2,29)18-13-24-8-9-26(18,30-3)22-25(24)10-11-27(14-15-4-5-15)19(24)12-16-6-7-17(28)21(31-22)20(16)25/h6-7,15,18-19,22,28-29H,4-5,8-14H2,1-3H3/t18-,19?,22?,24?,25+,26-/m1/s1. The van der Waals surface area contributed by atoms with Gasteiger partial charge in [-0.15, -0.1) is 0 Å². The first-order chi connectivity index (χ1) is 14.8. The summed E-state index contributed by atoms with van der Waals surface area (Å²) in [5, 5.41) is 22.2. The van der Waals surface area contributed by atoms with Gasteiger partial charge in [-0.1, -0.05) is 6.07 Å². The number of piperidine rings is 1. The van der Waals surface area contributed by atoms with Gasteiger partial charge in [-0.2, -0.15) is 0 Å². The zero-order valence-corrected chi connectivity index (χ0v) is 19.0. The summed E-state index contributed by atoms with van der Waals surface area (Å²) in [6, 6.07) is 4.46. The second kappa shape index (κ2) is 5.60. The van der Waals surface area contributed by atoms with Gasteiger partial charge in [-0.25, -0.2) is 0 Å². The Morgan fingerprint density at radius 2 is 2.03 bits per heavy atom. The molecule has 1 aromatic carbocycles. The minimum absolute atomic E-state index is 0.0123. The van der Waals surface area contributed by atoms with Crippen molar-refractivity contribution in [1.29, 1.82) is 0 Å². The molecule has 5 nitrogen and oxygen atoms in total. The number of aliphatic hydroxyl groups is 1. The molecular formula is C26H35NO4. The van der Waals surface area contributed by atoms with Crippen LogP contribution in [0, 0.1) is 17.3 Å². The van der Waals surface area contributed by atoms with Crippen LogP contribution < -0.4 is 4.74 Å². The minimum Gasteiger partial charge on any atom is -0.504 e. The predicted molar refractivity (Wildman–Crippen MR) is 116 cm³/mol. The van der Waals surface area contributed by atoms with Gasteiger partial charge in [0, 0.05) is 42.0 Å². The van der Waals surface area contributed by atoms with Crippen molar-refractivity contribution in [3.05, 3.63) is 23.3 Å². The zero-order valence-electron chi connectivity index (χ0n) is 19.0. The molecule has 5 fully saturated rings. The smallest absolute Gasteiger partial charge is 0.165 e. The molecule has 4 saturated carbocycles. The van der Waals surface area contributed by atoms with Gasteiger partial charge in [-0.05, 0) is 82.9 Å². The van der Waals surface area contributed by atoms with Gasteiger partial charge < -0.3 is 19.7 Å². The average Bonchev–Trinajstić information content (AvgIpc) is 3.47. The minimum atomic E-state index is -0.846. The molecular weight excluding hydrogens is 390 g/mol. The molecule has 7 aliphatic rings. The molecule has 1 saturated heterocycles. The number of phenols is 1. The maximum Gasteiger partial charge on any atom is 0.165 e. The Hall–Kier alpha value is -1.30. The van der Waals surface area contributed by atoms with E-state index in [2.05, 4.69) is 11.0 Å². The summed E-state index contributed by atoms with van der Waals surface area (Å²) >= 11 is 0. The highest BCUT2D eigenvalue weighted by atomic mass is 16.6. The number of methoxy groups -OCH3 is 1. The lowest BCUT2D eigenvalue weighted by Gasteiger charge is -2.75. The molecule has 2 spiro atoms. The molecule has 4 bridgehead atoms. The Morgan fingerprint density at radius 1 is 1.23 bits per heavy atom. The summed E-state index contributed by atoms with van der Waals surface area (Å²) in [5.74, 6) is 1.86. The van der Waals surface area contributed by atoms with Crippen molar-refractivity contribution in [2.75, 3.05) is 20.2 Å². The zero-order chi connectivity index (χ0) is 21.4. The molecule has 31 heavy (non-hydrogen) atoms. The van der Waals surface area contributed by atoms with Gasteiger partial charge in [0.15, 0.2) is 11.5 Å². The summed E-state index contributed by atoms with van der Waals surface area (Å²) in [5.41, 5.74) is 1.24. The lowest BCUT2D eigenvalue weighted by Crippen LogP contribution is -2.82.